The van der Waals surface area contributed by atoms with Crippen LogP contribution in [0.25, 0.3) is 10.8 Å². The van der Waals surface area contributed by atoms with Gasteiger partial charge in [-0.2, -0.15) is 0 Å². The van der Waals surface area contributed by atoms with Gasteiger partial charge in [0.15, 0.2) is 0 Å². The summed E-state index contributed by atoms with van der Waals surface area (Å²) in [6, 6.07) is 9.27. The van der Waals surface area contributed by atoms with Gasteiger partial charge in [-0.25, -0.2) is 0 Å². The zero-order chi connectivity index (χ0) is 14.0. The molecule has 2 aromatic carbocycles. The highest BCUT2D eigenvalue weighted by Gasteiger charge is 2.18. The summed E-state index contributed by atoms with van der Waals surface area (Å²) in [7, 11) is 0. The van der Waals surface area contributed by atoms with Crippen molar-refractivity contribution in [3.05, 3.63) is 41.5 Å². The fourth-order valence-corrected chi connectivity index (χ4v) is 2.18. The Morgan fingerprint density at radius 3 is 2.74 bits per heavy atom. The van der Waals surface area contributed by atoms with Crippen molar-refractivity contribution in [2.75, 3.05) is 6.61 Å². The second-order valence-corrected chi connectivity index (χ2v) is 4.50. The van der Waals surface area contributed by atoms with Crippen molar-refractivity contribution in [3.63, 3.8) is 0 Å². The van der Waals surface area contributed by atoms with Gasteiger partial charge in [0.25, 0.3) is 0 Å². The molecule has 0 radical (unpaired) electrons. The van der Waals surface area contributed by atoms with E-state index in [9.17, 15) is 15.0 Å². The largest absolute Gasteiger partial charge is 0.507 e. The minimum atomic E-state index is -1.03. The molecule has 0 bridgehead atoms. The topological polar surface area (TPSA) is 66.8 Å². The highest BCUT2D eigenvalue weighted by Crippen LogP contribution is 2.35. The van der Waals surface area contributed by atoms with Crippen molar-refractivity contribution < 1.29 is 19.7 Å². The van der Waals surface area contributed by atoms with Gasteiger partial charge in [-0.05, 0) is 17.9 Å². The van der Waals surface area contributed by atoms with Crippen LogP contribution in [0.5, 0.6) is 5.75 Å². The number of hydrogen-bond acceptors (Lipinski definition) is 4. The van der Waals surface area contributed by atoms with Gasteiger partial charge in [-0.15, -0.1) is 0 Å². The summed E-state index contributed by atoms with van der Waals surface area (Å²) >= 11 is 0. The van der Waals surface area contributed by atoms with E-state index < -0.39 is 12.1 Å². The predicted molar refractivity (Wildman–Crippen MR) is 71.9 cm³/mol. The van der Waals surface area contributed by atoms with E-state index in [1.165, 1.54) is 6.92 Å². The molecule has 0 aromatic heterocycles. The molecule has 1 unspecified atom stereocenters. The van der Waals surface area contributed by atoms with E-state index in [1.54, 1.807) is 13.0 Å². The van der Waals surface area contributed by atoms with E-state index in [-0.39, 0.29) is 12.4 Å². The van der Waals surface area contributed by atoms with Gasteiger partial charge in [-0.3, -0.25) is 4.79 Å². The Balaban J connectivity index is 2.45. The number of phenolic OH excluding ortho intramolecular Hbond substituents is 1. The maximum absolute atomic E-state index is 10.8. The number of aromatic hydroxyl groups is 1. The summed E-state index contributed by atoms with van der Waals surface area (Å²) in [5.41, 5.74) is 1.16. The minimum Gasteiger partial charge on any atom is -0.507 e. The number of hydrogen-bond donors (Lipinski definition) is 2. The molecule has 2 rings (SSSR count). The lowest BCUT2D eigenvalue weighted by molar-refractivity contribution is -0.144. The third kappa shape index (κ3) is 2.69. The third-order valence-corrected chi connectivity index (χ3v) is 3.05. The Hall–Kier alpha value is -2.07. The second kappa shape index (κ2) is 5.28. The number of phenols is 1. The molecule has 100 valence electrons. The number of esters is 1. The second-order valence-electron chi connectivity index (χ2n) is 4.50. The first-order valence-corrected chi connectivity index (χ1v) is 6.03. The molecule has 0 aliphatic rings. The maximum Gasteiger partial charge on any atom is 0.302 e. The Kier molecular flexibility index (Phi) is 3.71. The Morgan fingerprint density at radius 2 is 2.05 bits per heavy atom. The molecule has 4 heteroatoms. The van der Waals surface area contributed by atoms with Crippen molar-refractivity contribution in [1.29, 1.82) is 0 Å². The van der Waals surface area contributed by atoms with Crippen molar-refractivity contribution in [1.82, 2.24) is 0 Å². The number of aliphatic hydroxyl groups is 1. The van der Waals surface area contributed by atoms with Gasteiger partial charge in [0.2, 0.25) is 0 Å². The number of benzene rings is 2. The summed E-state index contributed by atoms with van der Waals surface area (Å²) in [5.74, 6) is -0.424. The summed E-state index contributed by atoms with van der Waals surface area (Å²) in [5, 5.41) is 21.9. The average Bonchev–Trinajstić information content (AvgIpc) is 2.36. The lowest BCUT2D eigenvalue weighted by Gasteiger charge is -2.17. The van der Waals surface area contributed by atoms with Crippen LogP contribution < -0.4 is 0 Å². The van der Waals surface area contributed by atoms with Crippen molar-refractivity contribution in [2.24, 2.45) is 0 Å². The SMILES string of the molecule is CC(=O)OCC(O)c1c(C)cc2ccccc2c1O. The van der Waals surface area contributed by atoms with Gasteiger partial charge in [-0.1, -0.05) is 30.3 Å². The number of aliphatic hydroxyl groups excluding tert-OH is 1. The predicted octanol–water partition coefficient (Wildman–Crippen LogP) is 2.45. The Bertz CT molecular complexity index is 619. The van der Waals surface area contributed by atoms with Crippen molar-refractivity contribution in [2.45, 2.75) is 20.0 Å². The number of aryl methyl sites for hydroxylation is 1. The standard InChI is InChI=1S/C15H16O4/c1-9-7-11-5-3-4-6-12(11)15(18)14(9)13(17)8-19-10(2)16/h3-7,13,17-18H,8H2,1-2H3. The quantitative estimate of drug-likeness (QED) is 0.832. The van der Waals surface area contributed by atoms with Gasteiger partial charge < -0.3 is 14.9 Å². The monoisotopic (exact) mass is 260 g/mol. The van der Waals surface area contributed by atoms with E-state index in [4.69, 9.17) is 4.74 Å². The molecule has 0 aliphatic heterocycles. The smallest absolute Gasteiger partial charge is 0.302 e. The van der Waals surface area contributed by atoms with Crippen LogP contribution in [-0.2, 0) is 9.53 Å². The molecule has 0 amide bonds. The highest BCUT2D eigenvalue weighted by molar-refractivity contribution is 5.90. The fourth-order valence-electron chi connectivity index (χ4n) is 2.18. The fraction of sp³-hybridized carbons (Fsp3) is 0.267. The number of carbonyl (C=O) groups excluding carboxylic acids is 1. The van der Waals surface area contributed by atoms with Crippen LogP contribution >= 0.6 is 0 Å². The van der Waals surface area contributed by atoms with E-state index in [0.29, 0.717) is 10.9 Å². The molecule has 2 N–H and O–H groups in total. The van der Waals surface area contributed by atoms with E-state index in [2.05, 4.69) is 0 Å². The molecule has 0 saturated heterocycles. The van der Waals surface area contributed by atoms with Crippen LogP contribution in [0.1, 0.15) is 24.2 Å². The summed E-state index contributed by atoms with van der Waals surface area (Å²) in [6.07, 6.45) is -1.03. The molecule has 0 aliphatic carbocycles. The van der Waals surface area contributed by atoms with Crippen LogP contribution in [0.15, 0.2) is 30.3 Å². The first-order chi connectivity index (χ1) is 9.00. The summed E-state index contributed by atoms with van der Waals surface area (Å²) in [6.45, 7) is 2.92. The Morgan fingerprint density at radius 1 is 1.37 bits per heavy atom. The maximum atomic E-state index is 10.8. The molecule has 19 heavy (non-hydrogen) atoms. The molecule has 2 aromatic rings. The van der Waals surface area contributed by atoms with Crippen LogP contribution in [-0.4, -0.2) is 22.8 Å². The molecule has 0 heterocycles. The van der Waals surface area contributed by atoms with Gasteiger partial charge in [0.1, 0.15) is 18.5 Å². The lowest BCUT2D eigenvalue weighted by Crippen LogP contribution is -2.11. The molecule has 0 spiro atoms. The van der Waals surface area contributed by atoms with Gasteiger partial charge in [0.05, 0.1) is 0 Å². The lowest BCUT2D eigenvalue weighted by atomic mass is 9.97. The zero-order valence-corrected chi connectivity index (χ0v) is 10.9. The van der Waals surface area contributed by atoms with E-state index >= 15 is 0 Å². The molecule has 0 fully saturated rings. The third-order valence-electron chi connectivity index (χ3n) is 3.05. The number of rotatable bonds is 3. The number of carbonyl (C=O) groups is 1. The molecular weight excluding hydrogens is 244 g/mol. The van der Waals surface area contributed by atoms with Crippen molar-refractivity contribution >= 4 is 16.7 Å². The van der Waals surface area contributed by atoms with Crippen LogP contribution in [0.2, 0.25) is 0 Å². The summed E-state index contributed by atoms with van der Waals surface area (Å²) < 4.78 is 4.78. The number of ether oxygens (including phenoxy) is 1. The van der Waals surface area contributed by atoms with Crippen molar-refractivity contribution in [3.8, 4) is 5.75 Å². The molecule has 1 atom stereocenters. The minimum absolute atomic E-state index is 0.0373. The normalized spacial score (nSPS) is 12.4. The summed E-state index contributed by atoms with van der Waals surface area (Å²) in [4.78, 5) is 10.8. The zero-order valence-electron chi connectivity index (χ0n) is 10.9. The Labute approximate surface area is 111 Å². The average molecular weight is 260 g/mol. The molecular formula is C15H16O4. The van der Waals surface area contributed by atoms with Gasteiger partial charge in [0, 0.05) is 17.9 Å². The molecule has 0 saturated carbocycles. The molecule has 4 nitrogen and oxygen atoms in total. The first-order valence-electron chi connectivity index (χ1n) is 6.03. The highest BCUT2D eigenvalue weighted by atomic mass is 16.5. The van der Waals surface area contributed by atoms with E-state index in [1.807, 2.05) is 24.3 Å². The van der Waals surface area contributed by atoms with Gasteiger partial charge >= 0.3 is 5.97 Å². The van der Waals surface area contributed by atoms with Crippen LogP contribution in [0.3, 0.4) is 0 Å². The van der Waals surface area contributed by atoms with Crippen LogP contribution in [0.4, 0.5) is 0 Å². The number of fused-ring (bicyclic) bond motifs is 1. The van der Waals surface area contributed by atoms with E-state index in [0.717, 1.165) is 10.9 Å². The first kappa shape index (κ1) is 13.4. The van der Waals surface area contributed by atoms with Crippen LogP contribution in [0, 0.1) is 6.92 Å².